The quantitative estimate of drug-likeness (QED) is 0.700. The molecule has 16 heavy (non-hydrogen) atoms. The molecule has 1 aliphatic heterocycles. The molecule has 1 saturated carbocycles. The number of piperidine rings is 1. The minimum Gasteiger partial charge on any atom is -0.310 e. The summed E-state index contributed by atoms with van der Waals surface area (Å²) in [6.07, 6.45) is 13.4. The highest BCUT2D eigenvalue weighted by molar-refractivity contribution is 4.99. The van der Waals surface area contributed by atoms with Crippen molar-refractivity contribution >= 4 is 0 Å². The van der Waals surface area contributed by atoms with Crippen molar-refractivity contribution in [2.24, 2.45) is 17.8 Å². The summed E-state index contributed by atoms with van der Waals surface area (Å²) in [6.45, 7) is 5.94. The van der Waals surface area contributed by atoms with Crippen LogP contribution in [0.15, 0.2) is 12.2 Å². The fourth-order valence-corrected chi connectivity index (χ4v) is 2.95. The Hall–Kier alpha value is -0.300. The molecule has 0 radical (unpaired) electrons. The number of hydrogen-bond acceptors (Lipinski definition) is 1. The van der Waals surface area contributed by atoms with Crippen LogP contribution >= 0.6 is 0 Å². The number of rotatable bonds is 2. The van der Waals surface area contributed by atoms with Crippen LogP contribution < -0.4 is 5.32 Å². The second-order valence-electron chi connectivity index (χ2n) is 6.10. The monoisotopic (exact) mass is 221 g/mol. The molecule has 92 valence electrons. The van der Waals surface area contributed by atoms with E-state index in [-0.39, 0.29) is 0 Å². The van der Waals surface area contributed by atoms with Crippen molar-refractivity contribution in [3.05, 3.63) is 12.2 Å². The second-order valence-corrected chi connectivity index (χ2v) is 6.10. The molecule has 2 fully saturated rings. The van der Waals surface area contributed by atoms with E-state index in [1.54, 1.807) is 0 Å². The van der Waals surface area contributed by atoms with Crippen LogP contribution in [-0.4, -0.2) is 12.6 Å². The van der Waals surface area contributed by atoms with Crippen molar-refractivity contribution in [2.45, 2.75) is 58.4 Å². The lowest BCUT2D eigenvalue weighted by Gasteiger charge is -2.27. The van der Waals surface area contributed by atoms with Gasteiger partial charge in [0.15, 0.2) is 0 Å². The van der Waals surface area contributed by atoms with Crippen molar-refractivity contribution in [1.29, 1.82) is 0 Å². The van der Waals surface area contributed by atoms with Crippen molar-refractivity contribution < 1.29 is 0 Å². The maximum atomic E-state index is 3.63. The molecular formula is C15H27N. The van der Waals surface area contributed by atoms with Gasteiger partial charge in [0.05, 0.1) is 0 Å². The number of hydrogen-bond donors (Lipinski definition) is 1. The van der Waals surface area contributed by atoms with E-state index in [0.29, 0.717) is 6.04 Å². The lowest BCUT2D eigenvalue weighted by atomic mass is 9.82. The Bertz CT molecular complexity index is 194. The summed E-state index contributed by atoms with van der Waals surface area (Å²) in [7, 11) is 0. The third-order valence-electron chi connectivity index (χ3n) is 4.38. The van der Waals surface area contributed by atoms with Crippen LogP contribution in [-0.2, 0) is 0 Å². The predicted molar refractivity (Wildman–Crippen MR) is 70.5 cm³/mol. The molecule has 1 aliphatic carbocycles. The SMILES string of the molecule is CC1CCC(C=CC2CCC(C)CN2)CC1. The number of nitrogens with one attached hydrogen (secondary N) is 1. The molecule has 2 aliphatic rings. The Morgan fingerprint density at radius 3 is 2.12 bits per heavy atom. The molecule has 0 aromatic carbocycles. The first-order valence-corrected chi connectivity index (χ1v) is 7.15. The molecular weight excluding hydrogens is 194 g/mol. The number of allylic oxidation sites excluding steroid dienone is 1. The highest BCUT2D eigenvalue weighted by atomic mass is 14.9. The Balaban J connectivity index is 1.72. The highest BCUT2D eigenvalue weighted by Gasteiger charge is 2.18. The summed E-state index contributed by atoms with van der Waals surface area (Å²) >= 11 is 0. The molecule has 1 N–H and O–H groups in total. The molecule has 2 rings (SSSR count). The second kappa shape index (κ2) is 5.86. The molecule has 1 saturated heterocycles. The molecule has 2 unspecified atom stereocenters. The van der Waals surface area contributed by atoms with E-state index in [4.69, 9.17) is 0 Å². The van der Waals surface area contributed by atoms with E-state index >= 15 is 0 Å². The zero-order chi connectivity index (χ0) is 11.4. The molecule has 1 heterocycles. The maximum Gasteiger partial charge on any atom is 0.0250 e. The first kappa shape index (κ1) is 12.2. The van der Waals surface area contributed by atoms with E-state index in [0.717, 1.165) is 17.8 Å². The van der Waals surface area contributed by atoms with Gasteiger partial charge in [-0.3, -0.25) is 0 Å². The van der Waals surface area contributed by atoms with Crippen LogP contribution in [0.1, 0.15) is 52.4 Å². The average Bonchev–Trinajstić information content (AvgIpc) is 2.30. The van der Waals surface area contributed by atoms with Gasteiger partial charge in [-0.1, -0.05) is 38.8 Å². The van der Waals surface area contributed by atoms with E-state index in [9.17, 15) is 0 Å². The third kappa shape index (κ3) is 3.62. The molecule has 0 spiro atoms. The Morgan fingerprint density at radius 1 is 0.812 bits per heavy atom. The van der Waals surface area contributed by atoms with Crippen molar-refractivity contribution in [1.82, 2.24) is 5.32 Å². The molecule has 0 bridgehead atoms. The topological polar surface area (TPSA) is 12.0 Å². The first-order chi connectivity index (χ1) is 7.74. The van der Waals surface area contributed by atoms with E-state index in [2.05, 4.69) is 31.3 Å². The molecule has 0 aromatic rings. The van der Waals surface area contributed by atoms with Gasteiger partial charge in [0.2, 0.25) is 0 Å². The molecule has 1 nitrogen and oxygen atoms in total. The van der Waals surface area contributed by atoms with Crippen LogP contribution in [0.3, 0.4) is 0 Å². The maximum absolute atomic E-state index is 3.63. The summed E-state index contributed by atoms with van der Waals surface area (Å²) in [5.41, 5.74) is 0. The zero-order valence-electron chi connectivity index (χ0n) is 10.9. The van der Waals surface area contributed by atoms with Crippen molar-refractivity contribution in [3.8, 4) is 0 Å². The van der Waals surface area contributed by atoms with Gasteiger partial charge in [0.1, 0.15) is 0 Å². The third-order valence-corrected chi connectivity index (χ3v) is 4.38. The lowest BCUT2D eigenvalue weighted by Crippen LogP contribution is -2.36. The molecule has 1 heteroatoms. The van der Waals surface area contributed by atoms with Gasteiger partial charge in [-0.15, -0.1) is 0 Å². The van der Waals surface area contributed by atoms with E-state index < -0.39 is 0 Å². The van der Waals surface area contributed by atoms with Crippen molar-refractivity contribution in [3.63, 3.8) is 0 Å². The van der Waals surface area contributed by atoms with Crippen molar-refractivity contribution in [2.75, 3.05) is 6.54 Å². The minimum atomic E-state index is 0.663. The van der Waals surface area contributed by atoms with Crippen LogP contribution in [0.25, 0.3) is 0 Å². The summed E-state index contributed by atoms with van der Waals surface area (Å²) in [4.78, 5) is 0. The molecule has 0 aromatic heterocycles. The van der Waals surface area contributed by atoms with Gasteiger partial charge in [-0.2, -0.15) is 0 Å². The van der Waals surface area contributed by atoms with E-state index in [1.807, 2.05) is 0 Å². The van der Waals surface area contributed by atoms with Gasteiger partial charge in [-0.05, 0) is 50.0 Å². The van der Waals surface area contributed by atoms with Gasteiger partial charge in [0, 0.05) is 6.04 Å². The standard InChI is InChI=1S/C15H27N/c1-12-3-6-14(7-4-12)8-10-15-9-5-13(2)11-16-15/h8,10,12-16H,3-7,9,11H2,1-2H3. The summed E-state index contributed by atoms with van der Waals surface area (Å²) in [5.74, 6) is 2.72. The highest BCUT2D eigenvalue weighted by Crippen LogP contribution is 2.29. The normalized spacial score (nSPS) is 41.4. The predicted octanol–water partition coefficient (Wildman–Crippen LogP) is 3.76. The lowest BCUT2D eigenvalue weighted by molar-refractivity contribution is 0.327. The van der Waals surface area contributed by atoms with Crippen LogP contribution in [0, 0.1) is 17.8 Å². The molecule has 0 amide bonds. The van der Waals surface area contributed by atoms with Crippen LogP contribution in [0.4, 0.5) is 0 Å². The largest absolute Gasteiger partial charge is 0.310 e. The van der Waals surface area contributed by atoms with Gasteiger partial charge >= 0.3 is 0 Å². The van der Waals surface area contributed by atoms with Gasteiger partial charge < -0.3 is 5.32 Å². The Labute approximate surface area is 101 Å². The fourth-order valence-electron chi connectivity index (χ4n) is 2.95. The van der Waals surface area contributed by atoms with Crippen LogP contribution in [0.5, 0.6) is 0 Å². The smallest absolute Gasteiger partial charge is 0.0250 e. The average molecular weight is 221 g/mol. The minimum absolute atomic E-state index is 0.663. The van der Waals surface area contributed by atoms with Gasteiger partial charge in [0.25, 0.3) is 0 Å². The summed E-state index contributed by atoms with van der Waals surface area (Å²) < 4.78 is 0. The summed E-state index contributed by atoms with van der Waals surface area (Å²) in [5, 5.41) is 3.63. The Kier molecular flexibility index (Phi) is 4.45. The Morgan fingerprint density at radius 2 is 1.50 bits per heavy atom. The summed E-state index contributed by atoms with van der Waals surface area (Å²) in [6, 6.07) is 0.663. The van der Waals surface area contributed by atoms with Gasteiger partial charge in [-0.25, -0.2) is 0 Å². The molecule has 2 atom stereocenters. The van der Waals surface area contributed by atoms with Crippen LogP contribution in [0.2, 0.25) is 0 Å². The van der Waals surface area contributed by atoms with E-state index in [1.165, 1.54) is 45.1 Å². The zero-order valence-corrected chi connectivity index (χ0v) is 10.9. The fraction of sp³-hybridized carbons (Fsp3) is 0.867. The first-order valence-electron chi connectivity index (χ1n) is 7.15.